The average Bonchev–Trinajstić information content (AvgIpc) is 3.24. The highest BCUT2D eigenvalue weighted by Gasteiger charge is 2.33. The molecule has 6 nitrogen and oxygen atoms in total. The number of rotatable bonds is 8. The summed E-state index contributed by atoms with van der Waals surface area (Å²) in [6.07, 6.45) is -0.325. The molecule has 2 rings (SSSR count). The van der Waals surface area contributed by atoms with Crippen LogP contribution in [0.2, 0.25) is 0 Å². The summed E-state index contributed by atoms with van der Waals surface area (Å²) in [5, 5.41) is 11.9. The maximum absolute atomic E-state index is 12.6. The smallest absolute Gasteiger partial charge is 0.357 e. The van der Waals surface area contributed by atoms with E-state index in [1.165, 1.54) is 0 Å². The van der Waals surface area contributed by atoms with Gasteiger partial charge in [-0.05, 0) is 18.9 Å². The van der Waals surface area contributed by atoms with Crippen LogP contribution in [-0.2, 0) is 19.1 Å². The molecule has 1 atom stereocenters. The van der Waals surface area contributed by atoms with Crippen LogP contribution in [0.25, 0.3) is 0 Å². The lowest BCUT2D eigenvalue weighted by Crippen LogP contribution is -2.38. The molecular formula is C16H23F3N6S. The summed E-state index contributed by atoms with van der Waals surface area (Å²) in [7, 11) is 0. The van der Waals surface area contributed by atoms with Crippen molar-refractivity contribution < 1.29 is 13.2 Å². The molecule has 0 aromatic carbocycles. The molecule has 0 bridgehead atoms. The van der Waals surface area contributed by atoms with Crippen LogP contribution in [0, 0.1) is 5.92 Å². The Morgan fingerprint density at radius 3 is 2.81 bits per heavy atom. The van der Waals surface area contributed by atoms with E-state index in [4.69, 9.17) is 0 Å². The molecule has 0 spiro atoms. The van der Waals surface area contributed by atoms with Gasteiger partial charge >= 0.3 is 6.18 Å². The zero-order valence-electron chi connectivity index (χ0n) is 14.8. The molecule has 0 saturated carbocycles. The second kappa shape index (κ2) is 9.56. The van der Waals surface area contributed by atoms with Gasteiger partial charge in [0.1, 0.15) is 0 Å². The lowest BCUT2D eigenvalue weighted by atomic mass is 10.2. The van der Waals surface area contributed by atoms with Crippen LogP contribution in [0.15, 0.2) is 28.8 Å². The number of alkyl halides is 3. The van der Waals surface area contributed by atoms with E-state index in [9.17, 15) is 13.2 Å². The van der Waals surface area contributed by atoms with Crippen LogP contribution in [0.4, 0.5) is 13.2 Å². The molecule has 0 radical (unpaired) electrons. The van der Waals surface area contributed by atoms with E-state index >= 15 is 0 Å². The molecule has 0 aliphatic heterocycles. The first-order valence-corrected chi connectivity index (χ1v) is 9.27. The first kappa shape index (κ1) is 20.2. The van der Waals surface area contributed by atoms with Crippen LogP contribution in [0.1, 0.15) is 24.5 Å². The summed E-state index contributed by atoms with van der Waals surface area (Å²) in [5.41, 5.74) is -0.828. The van der Waals surface area contributed by atoms with Gasteiger partial charge in [-0.1, -0.05) is 6.92 Å². The molecule has 0 aliphatic carbocycles. The lowest BCUT2D eigenvalue weighted by Gasteiger charge is -2.13. The van der Waals surface area contributed by atoms with E-state index in [0.717, 1.165) is 23.3 Å². The standard InChI is InChI=1S/C16H23F3N6S/c1-3-20-15(22-9-12(2)10-25-8-4-6-23-25)21-7-5-14-24-13(11-26-14)16(17,18)19/h4,6,8,11-12H,3,5,7,9-10H2,1-2H3,(H2,20,21,22). The van der Waals surface area contributed by atoms with E-state index in [1.807, 2.05) is 23.9 Å². The minimum atomic E-state index is -4.39. The van der Waals surface area contributed by atoms with Gasteiger partial charge in [0.2, 0.25) is 0 Å². The predicted octanol–water partition coefficient (Wildman–Crippen LogP) is 2.79. The van der Waals surface area contributed by atoms with Gasteiger partial charge in [0.05, 0.1) is 5.01 Å². The number of hydrogen-bond donors (Lipinski definition) is 2. The summed E-state index contributed by atoms with van der Waals surface area (Å²) in [6.45, 7) is 6.60. The third kappa shape index (κ3) is 6.66. The monoisotopic (exact) mass is 388 g/mol. The van der Waals surface area contributed by atoms with E-state index in [1.54, 1.807) is 6.20 Å². The first-order chi connectivity index (χ1) is 12.4. The number of aromatic nitrogens is 3. The fraction of sp³-hybridized carbons (Fsp3) is 0.562. The SMILES string of the molecule is CCNC(=NCC(C)Cn1cccn1)NCCc1nc(C(F)(F)F)cs1. The molecule has 0 aliphatic rings. The largest absolute Gasteiger partial charge is 0.434 e. The quantitative estimate of drug-likeness (QED) is 0.539. The Bertz CT molecular complexity index is 680. The summed E-state index contributed by atoms with van der Waals surface area (Å²) >= 11 is 1.02. The van der Waals surface area contributed by atoms with Gasteiger partial charge < -0.3 is 10.6 Å². The van der Waals surface area contributed by atoms with Gasteiger partial charge in [-0.2, -0.15) is 18.3 Å². The van der Waals surface area contributed by atoms with Crippen molar-refractivity contribution in [2.45, 2.75) is 33.0 Å². The van der Waals surface area contributed by atoms with Crippen molar-refractivity contribution in [2.75, 3.05) is 19.6 Å². The van der Waals surface area contributed by atoms with Crippen LogP contribution >= 0.6 is 11.3 Å². The van der Waals surface area contributed by atoms with Gasteiger partial charge in [-0.25, -0.2) is 4.98 Å². The molecule has 0 amide bonds. The predicted molar refractivity (Wildman–Crippen MR) is 96.2 cm³/mol. The normalized spacial score (nSPS) is 13.7. The number of aliphatic imine (C=N–C) groups is 1. The molecule has 2 N–H and O–H groups in total. The van der Waals surface area contributed by atoms with Gasteiger partial charge in [-0.3, -0.25) is 9.67 Å². The molecule has 26 heavy (non-hydrogen) atoms. The molecule has 2 aromatic heterocycles. The van der Waals surface area contributed by atoms with Crippen molar-refractivity contribution in [1.29, 1.82) is 0 Å². The maximum atomic E-state index is 12.6. The summed E-state index contributed by atoms with van der Waals surface area (Å²) in [4.78, 5) is 8.15. The maximum Gasteiger partial charge on any atom is 0.434 e. The van der Waals surface area contributed by atoms with Gasteiger partial charge in [0.15, 0.2) is 11.7 Å². The molecule has 1 unspecified atom stereocenters. The van der Waals surface area contributed by atoms with Crippen LogP contribution < -0.4 is 10.6 Å². The zero-order chi connectivity index (χ0) is 19.0. The number of thiazole rings is 1. The number of nitrogens with one attached hydrogen (secondary N) is 2. The topological polar surface area (TPSA) is 67.1 Å². The van der Waals surface area contributed by atoms with Crippen LogP contribution in [-0.4, -0.2) is 40.4 Å². The molecule has 10 heteroatoms. The second-order valence-corrected chi connectivity index (χ2v) is 6.80. The minimum Gasteiger partial charge on any atom is -0.357 e. The van der Waals surface area contributed by atoms with Crippen molar-refractivity contribution in [2.24, 2.45) is 10.9 Å². The van der Waals surface area contributed by atoms with E-state index < -0.39 is 11.9 Å². The first-order valence-electron chi connectivity index (χ1n) is 8.39. The Morgan fingerprint density at radius 1 is 1.38 bits per heavy atom. The zero-order valence-corrected chi connectivity index (χ0v) is 15.6. The van der Waals surface area contributed by atoms with Gasteiger partial charge in [0, 0.05) is 50.4 Å². The Labute approximate surface area is 154 Å². The Kier molecular flexibility index (Phi) is 7.43. The molecule has 0 saturated heterocycles. The number of halogens is 3. The third-order valence-corrected chi connectivity index (χ3v) is 4.35. The fourth-order valence-corrected chi connectivity index (χ4v) is 3.02. The highest BCUT2D eigenvalue weighted by molar-refractivity contribution is 7.09. The van der Waals surface area contributed by atoms with Crippen molar-refractivity contribution in [3.8, 4) is 0 Å². The minimum absolute atomic E-state index is 0.304. The van der Waals surface area contributed by atoms with Crippen molar-refractivity contribution in [1.82, 2.24) is 25.4 Å². The summed E-state index contributed by atoms with van der Waals surface area (Å²) in [5.74, 6) is 0.950. The average molecular weight is 388 g/mol. The number of nitrogens with zero attached hydrogens (tertiary/aromatic N) is 4. The molecule has 144 valence electrons. The van der Waals surface area contributed by atoms with Gasteiger partial charge in [0.25, 0.3) is 0 Å². The summed E-state index contributed by atoms with van der Waals surface area (Å²) < 4.78 is 39.5. The molecule has 2 aromatic rings. The highest BCUT2D eigenvalue weighted by atomic mass is 32.1. The van der Waals surface area contributed by atoms with Gasteiger partial charge in [-0.15, -0.1) is 11.3 Å². The fourth-order valence-electron chi connectivity index (χ4n) is 2.22. The Hall–Kier alpha value is -2.10. The molecule has 0 fully saturated rings. The Morgan fingerprint density at radius 2 is 2.19 bits per heavy atom. The number of hydrogen-bond acceptors (Lipinski definition) is 4. The van der Waals surface area contributed by atoms with Crippen LogP contribution in [0.3, 0.4) is 0 Å². The van der Waals surface area contributed by atoms with Crippen LogP contribution in [0.5, 0.6) is 0 Å². The lowest BCUT2D eigenvalue weighted by molar-refractivity contribution is -0.140. The van der Waals surface area contributed by atoms with Crippen molar-refractivity contribution in [3.05, 3.63) is 34.5 Å². The third-order valence-electron chi connectivity index (χ3n) is 3.44. The van der Waals surface area contributed by atoms with Crippen molar-refractivity contribution in [3.63, 3.8) is 0 Å². The van der Waals surface area contributed by atoms with Crippen molar-refractivity contribution >= 4 is 17.3 Å². The summed E-state index contributed by atoms with van der Waals surface area (Å²) in [6, 6.07) is 1.88. The molecular weight excluding hydrogens is 365 g/mol. The second-order valence-electron chi connectivity index (χ2n) is 5.85. The van der Waals surface area contributed by atoms with E-state index in [0.29, 0.717) is 42.9 Å². The highest BCUT2D eigenvalue weighted by Crippen LogP contribution is 2.29. The van der Waals surface area contributed by atoms with E-state index in [-0.39, 0.29) is 0 Å². The number of guanidine groups is 1. The Balaban J connectivity index is 1.80. The molecule has 2 heterocycles. The van der Waals surface area contributed by atoms with E-state index in [2.05, 4.69) is 32.6 Å².